The van der Waals surface area contributed by atoms with Crippen molar-refractivity contribution >= 4 is 5.91 Å². The molecule has 0 bridgehead atoms. The molecule has 0 aromatic heterocycles. The van der Waals surface area contributed by atoms with E-state index in [1.165, 1.54) is 0 Å². The zero-order valence-corrected chi connectivity index (χ0v) is 9.14. The summed E-state index contributed by atoms with van der Waals surface area (Å²) in [7, 11) is 0. The van der Waals surface area contributed by atoms with Gasteiger partial charge in [0, 0.05) is 18.0 Å². The van der Waals surface area contributed by atoms with Gasteiger partial charge in [-0.25, -0.2) is 0 Å². The van der Waals surface area contributed by atoms with E-state index in [-0.39, 0.29) is 17.5 Å². The van der Waals surface area contributed by atoms with Gasteiger partial charge in [-0.3, -0.25) is 4.79 Å². The maximum atomic E-state index is 11.5. The Morgan fingerprint density at radius 1 is 1.33 bits per heavy atom. The second-order valence-corrected chi connectivity index (χ2v) is 4.38. The van der Waals surface area contributed by atoms with E-state index in [1.54, 1.807) is 0 Å². The smallest absolute Gasteiger partial charge is 0.222 e. The highest BCUT2D eigenvalue weighted by atomic mass is 16.2. The fourth-order valence-corrected chi connectivity index (χ4v) is 1.61. The summed E-state index contributed by atoms with van der Waals surface area (Å²) in [4.78, 5) is 13.5. The van der Waals surface area contributed by atoms with Crippen LogP contribution >= 0.6 is 0 Å². The van der Waals surface area contributed by atoms with E-state index >= 15 is 0 Å². The lowest BCUT2D eigenvalue weighted by Gasteiger charge is -2.39. The Morgan fingerprint density at radius 3 is 1.83 bits per heavy atom. The van der Waals surface area contributed by atoms with Gasteiger partial charge in [-0.1, -0.05) is 6.92 Å². The van der Waals surface area contributed by atoms with E-state index in [4.69, 9.17) is 0 Å². The van der Waals surface area contributed by atoms with Crippen molar-refractivity contribution in [3.63, 3.8) is 0 Å². The molecule has 0 radical (unpaired) electrons. The van der Waals surface area contributed by atoms with Crippen LogP contribution in [0.25, 0.3) is 0 Å². The number of hydrogen-bond donors (Lipinski definition) is 0. The number of carbonyl (C=O) groups is 1. The van der Waals surface area contributed by atoms with Crippen LogP contribution in [0.15, 0.2) is 0 Å². The molecule has 0 aromatic rings. The summed E-state index contributed by atoms with van der Waals surface area (Å²) in [5.41, 5.74) is -0.0543. The van der Waals surface area contributed by atoms with Crippen molar-refractivity contribution in [3.8, 4) is 0 Å². The third-order valence-electron chi connectivity index (χ3n) is 1.81. The Balaban J connectivity index is 4.56. The number of amides is 1. The molecule has 0 unspecified atom stereocenters. The Bertz CT molecular complexity index is 156. The molecule has 0 spiro atoms. The summed E-state index contributed by atoms with van der Waals surface area (Å²) in [6, 6.07) is 0.289. The summed E-state index contributed by atoms with van der Waals surface area (Å²) in [6.07, 6.45) is 0.593. The lowest BCUT2D eigenvalue weighted by atomic mass is 10.0. The fraction of sp³-hybridized carbons (Fsp3) is 0.900. The molecule has 72 valence electrons. The van der Waals surface area contributed by atoms with Gasteiger partial charge in [-0.2, -0.15) is 0 Å². The molecule has 2 nitrogen and oxygen atoms in total. The van der Waals surface area contributed by atoms with Gasteiger partial charge in [0.05, 0.1) is 0 Å². The Labute approximate surface area is 75.9 Å². The third-order valence-corrected chi connectivity index (χ3v) is 1.81. The van der Waals surface area contributed by atoms with Crippen molar-refractivity contribution in [2.45, 2.75) is 59.5 Å². The van der Waals surface area contributed by atoms with Crippen LogP contribution < -0.4 is 0 Å². The van der Waals surface area contributed by atoms with Gasteiger partial charge in [-0.05, 0) is 34.6 Å². The topological polar surface area (TPSA) is 20.3 Å². The molecule has 1 amide bonds. The van der Waals surface area contributed by atoms with Gasteiger partial charge >= 0.3 is 0 Å². The standard InChI is InChI=1S/C10H21NO/c1-7-9(12)11(8(2)3)10(4,5)6/h8H,7H2,1-6H3. The third kappa shape index (κ3) is 2.84. The van der Waals surface area contributed by atoms with Gasteiger partial charge in [0.15, 0.2) is 0 Å². The van der Waals surface area contributed by atoms with Crippen molar-refractivity contribution in [1.82, 2.24) is 4.90 Å². The summed E-state index contributed by atoms with van der Waals surface area (Å²) >= 11 is 0. The molecule has 0 heterocycles. The molecule has 0 fully saturated rings. The molecule has 0 N–H and O–H groups in total. The lowest BCUT2D eigenvalue weighted by Crippen LogP contribution is -2.49. The van der Waals surface area contributed by atoms with Crippen molar-refractivity contribution in [2.75, 3.05) is 0 Å². The first-order valence-corrected chi connectivity index (χ1v) is 4.62. The summed E-state index contributed by atoms with van der Waals surface area (Å²) in [6.45, 7) is 12.2. The Hall–Kier alpha value is -0.530. The number of carbonyl (C=O) groups excluding carboxylic acids is 1. The lowest BCUT2D eigenvalue weighted by molar-refractivity contribution is -0.137. The van der Waals surface area contributed by atoms with Gasteiger partial charge in [0.25, 0.3) is 0 Å². The van der Waals surface area contributed by atoms with Gasteiger partial charge in [0.2, 0.25) is 5.91 Å². The van der Waals surface area contributed by atoms with Crippen molar-refractivity contribution in [3.05, 3.63) is 0 Å². The predicted molar refractivity (Wildman–Crippen MR) is 52.0 cm³/mol. The Morgan fingerprint density at radius 2 is 1.75 bits per heavy atom. The quantitative estimate of drug-likeness (QED) is 0.625. The van der Waals surface area contributed by atoms with Crippen molar-refractivity contribution < 1.29 is 4.79 Å². The monoisotopic (exact) mass is 171 g/mol. The molecule has 0 atom stereocenters. The highest BCUT2D eigenvalue weighted by molar-refractivity contribution is 5.76. The zero-order valence-electron chi connectivity index (χ0n) is 9.14. The molecule has 0 aliphatic rings. The van der Waals surface area contributed by atoms with Crippen LogP contribution in [0.2, 0.25) is 0 Å². The van der Waals surface area contributed by atoms with Gasteiger partial charge in [0.1, 0.15) is 0 Å². The van der Waals surface area contributed by atoms with Crippen LogP contribution in [-0.4, -0.2) is 22.4 Å². The minimum absolute atomic E-state index is 0.0543. The molecular weight excluding hydrogens is 150 g/mol. The first kappa shape index (κ1) is 11.5. The largest absolute Gasteiger partial charge is 0.335 e. The van der Waals surface area contributed by atoms with Crippen LogP contribution in [0.4, 0.5) is 0 Å². The minimum atomic E-state index is -0.0543. The number of hydrogen-bond acceptors (Lipinski definition) is 1. The molecule has 0 aliphatic carbocycles. The first-order chi connectivity index (χ1) is 5.30. The van der Waals surface area contributed by atoms with Crippen LogP contribution in [0.3, 0.4) is 0 Å². The van der Waals surface area contributed by atoms with Crippen molar-refractivity contribution in [2.24, 2.45) is 0 Å². The highest BCUT2D eigenvalue weighted by Gasteiger charge is 2.27. The van der Waals surface area contributed by atoms with Crippen LogP contribution in [0.1, 0.15) is 48.0 Å². The minimum Gasteiger partial charge on any atom is -0.335 e. The molecule has 0 saturated carbocycles. The first-order valence-electron chi connectivity index (χ1n) is 4.62. The summed E-state index contributed by atoms with van der Waals surface area (Å²) < 4.78 is 0. The van der Waals surface area contributed by atoms with E-state index < -0.39 is 0 Å². The zero-order chi connectivity index (χ0) is 9.94. The maximum Gasteiger partial charge on any atom is 0.222 e. The summed E-state index contributed by atoms with van der Waals surface area (Å²) in [5, 5.41) is 0. The Kier molecular flexibility index (Phi) is 3.75. The average molecular weight is 171 g/mol. The normalized spacial score (nSPS) is 11.9. The van der Waals surface area contributed by atoms with E-state index in [9.17, 15) is 4.79 Å². The van der Waals surface area contributed by atoms with Crippen LogP contribution in [0.5, 0.6) is 0 Å². The second-order valence-electron chi connectivity index (χ2n) is 4.38. The summed E-state index contributed by atoms with van der Waals surface area (Å²) in [5.74, 6) is 0.234. The average Bonchev–Trinajstić information content (AvgIpc) is 1.83. The van der Waals surface area contributed by atoms with Gasteiger partial charge in [-0.15, -0.1) is 0 Å². The second kappa shape index (κ2) is 3.92. The van der Waals surface area contributed by atoms with E-state index in [1.807, 2.05) is 11.8 Å². The molecule has 0 aliphatic heterocycles. The predicted octanol–water partition coefficient (Wildman–Crippen LogP) is 2.43. The van der Waals surface area contributed by atoms with Crippen LogP contribution in [-0.2, 0) is 4.79 Å². The molecular formula is C10H21NO. The van der Waals surface area contributed by atoms with E-state index in [0.29, 0.717) is 6.42 Å². The molecule has 2 heteroatoms. The van der Waals surface area contributed by atoms with Crippen LogP contribution in [0, 0.1) is 0 Å². The van der Waals surface area contributed by atoms with E-state index in [0.717, 1.165) is 0 Å². The number of rotatable bonds is 2. The highest BCUT2D eigenvalue weighted by Crippen LogP contribution is 2.17. The molecule has 0 saturated heterocycles. The van der Waals surface area contributed by atoms with E-state index in [2.05, 4.69) is 34.6 Å². The molecule has 12 heavy (non-hydrogen) atoms. The maximum absolute atomic E-state index is 11.5. The number of nitrogens with zero attached hydrogens (tertiary/aromatic N) is 1. The fourth-order valence-electron chi connectivity index (χ4n) is 1.61. The molecule has 0 rings (SSSR count). The van der Waals surface area contributed by atoms with Gasteiger partial charge < -0.3 is 4.90 Å². The van der Waals surface area contributed by atoms with Crippen molar-refractivity contribution in [1.29, 1.82) is 0 Å². The molecule has 0 aromatic carbocycles. The SMILES string of the molecule is CCC(=O)N(C(C)C)C(C)(C)C.